The van der Waals surface area contributed by atoms with Gasteiger partial charge < -0.3 is 40.1 Å². The summed E-state index contributed by atoms with van der Waals surface area (Å²) in [6.45, 7) is 11.5. The van der Waals surface area contributed by atoms with Gasteiger partial charge in [0.05, 0.1) is 30.3 Å². The number of hydrogen-bond donors (Lipinski definition) is 7. The molecular weight excluding hydrogens is 672 g/mol. The third-order valence-electron chi connectivity index (χ3n) is 15.9. The zero-order valence-corrected chi connectivity index (χ0v) is 30.9. The van der Waals surface area contributed by atoms with Crippen LogP contribution in [-0.2, 0) is 28.9 Å². The highest BCUT2D eigenvalue weighted by atomic mass is 32.3. The van der Waals surface area contributed by atoms with Gasteiger partial charge in [-0.1, -0.05) is 46.3 Å². The fraction of sp³-hybridized carbons (Fsp3) is 0.917. The molecule has 14 heteroatoms. The van der Waals surface area contributed by atoms with Crippen molar-refractivity contribution in [1.29, 1.82) is 0 Å². The SMILES string of the molecule is C[C@@H]1CC[C@]2(C(=O)O[C@@H]3O[C@H](CO)[C@@H](O)[C@H](O)[C@H]3O)CC[C@]3(C)C(=CC[C@@H]4[C@@]5(C)CC[C@H](OS(=O)(=O)O)[C@](C)(CO)[C@@H]5CC[C@]43C)[C@@H]2[C@]1(C)O. The van der Waals surface area contributed by atoms with Crippen LogP contribution < -0.4 is 0 Å². The molecule has 286 valence electrons. The van der Waals surface area contributed by atoms with Crippen LogP contribution in [0.3, 0.4) is 0 Å². The Bertz CT molecular complexity index is 1480. The van der Waals surface area contributed by atoms with E-state index >= 15 is 0 Å². The van der Waals surface area contributed by atoms with Crippen molar-refractivity contribution in [2.24, 2.45) is 50.7 Å². The van der Waals surface area contributed by atoms with Crippen molar-refractivity contribution < 1.29 is 62.1 Å². The first-order valence-corrected chi connectivity index (χ1v) is 19.6. The largest absolute Gasteiger partial charge is 0.432 e. The molecule has 6 rings (SSSR count). The predicted octanol–water partition coefficient (Wildman–Crippen LogP) is 2.26. The smallest absolute Gasteiger partial charge is 0.397 e. The van der Waals surface area contributed by atoms with Gasteiger partial charge in [0, 0.05) is 11.3 Å². The van der Waals surface area contributed by atoms with E-state index < -0.39 is 87.5 Å². The first-order chi connectivity index (χ1) is 23.1. The van der Waals surface area contributed by atoms with E-state index in [-0.39, 0.29) is 35.2 Å². The third-order valence-corrected chi connectivity index (χ3v) is 16.3. The third kappa shape index (κ3) is 5.32. The van der Waals surface area contributed by atoms with E-state index in [1.165, 1.54) is 0 Å². The van der Waals surface area contributed by atoms with Crippen molar-refractivity contribution in [1.82, 2.24) is 0 Å². The summed E-state index contributed by atoms with van der Waals surface area (Å²) in [4.78, 5) is 14.5. The molecule has 0 radical (unpaired) electrons. The Morgan fingerprint density at radius 3 is 2.22 bits per heavy atom. The summed E-state index contributed by atoms with van der Waals surface area (Å²) >= 11 is 0. The van der Waals surface area contributed by atoms with Crippen molar-refractivity contribution in [3.05, 3.63) is 11.6 Å². The Morgan fingerprint density at radius 1 is 0.920 bits per heavy atom. The molecule has 1 heterocycles. The van der Waals surface area contributed by atoms with Gasteiger partial charge in [-0.3, -0.25) is 9.35 Å². The molecule has 1 aliphatic heterocycles. The quantitative estimate of drug-likeness (QED) is 0.119. The van der Waals surface area contributed by atoms with Crippen molar-refractivity contribution in [3.63, 3.8) is 0 Å². The zero-order valence-electron chi connectivity index (χ0n) is 30.1. The molecule has 0 amide bonds. The van der Waals surface area contributed by atoms with E-state index in [0.29, 0.717) is 51.4 Å². The van der Waals surface area contributed by atoms with Gasteiger partial charge >= 0.3 is 16.4 Å². The van der Waals surface area contributed by atoms with Crippen molar-refractivity contribution in [2.45, 2.75) is 142 Å². The number of esters is 1. The molecule has 50 heavy (non-hydrogen) atoms. The van der Waals surface area contributed by atoms with E-state index in [4.69, 9.17) is 13.7 Å². The van der Waals surface area contributed by atoms with Crippen molar-refractivity contribution in [2.75, 3.05) is 13.2 Å². The summed E-state index contributed by atoms with van der Waals surface area (Å²) in [6.07, 6.45) is -1.45. The minimum Gasteiger partial charge on any atom is -0.432 e. The Hall–Kier alpha value is -1.20. The molecule has 0 aromatic carbocycles. The van der Waals surface area contributed by atoms with Gasteiger partial charge in [0.2, 0.25) is 6.29 Å². The maximum absolute atomic E-state index is 14.5. The minimum atomic E-state index is -4.72. The highest BCUT2D eigenvalue weighted by molar-refractivity contribution is 7.80. The summed E-state index contributed by atoms with van der Waals surface area (Å²) < 4.78 is 49.8. The molecule has 6 aliphatic rings. The number of rotatable bonds is 6. The van der Waals surface area contributed by atoms with Crippen LogP contribution in [0.2, 0.25) is 0 Å². The Labute approximate surface area is 295 Å². The summed E-state index contributed by atoms with van der Waals surface area (Å²) in [5, 5.41) is 64.3. The number of carbonyl (C=O) groups excluding carboxylic acids is 1. The molecular formula is C36H58O13S. The van der Waals surface area contributed by atoms with Crippen LogP contribution in [0.15, 0.2) is 11.6 Å². The summed E-state index contributed by atoms with van der Waals surface area (Å²) in [7, 11) is -4.72. The number of carbonyl (C=O) groups is 1. The van der Waals surface area contributed by atoms with E-state index in [1.54, 1.807) is 6.92 Å². The van der Waals surface area contributed by atoms with E-state index in [2.05, 4.69) is 26.8 Å². The molecule has 0 spiro atoms. The van der Waals surface area contributed by atoms with Crippen molar-refractivity contribution >= 4 is 16.4 Å². The fourth-order valence-electron chi connectivity index (χ4n) is 12.5. The van der Waals surface area contributed by atoms with Gasteiger partial charge in [-0.05, 0) is 98.7 Å². The highest BCUT2D eigenvalue weighted by Crippen LogP contribution is 2.76. The first kappa shape index (κ1) is 38.5. The first-order valence-electron chi connectivity index (χ1n) is 18.3. The van der Waals surface area contributed by atoms with Gasteiger partial charge in [-0.15, -0.1) is 0 Å². The van der Waals surface area contributed by atoms with Crippen LogP contribution in [0.5, 0.6) is 0 Å². The Morgan fingerprint density at radius 2 is 1.60 bits per heavy atom. The average Bonchev–Trinajstić information content (AvgIpc) is 3.04. The number of aliphatic hydroxyl groups is 6. The molecule has 5 fully saturated rings. The lowest BCUT2D eigenvalue weighted by atomic mass is 9.33. The predicted molar refractivity (Wildman–Crippen MR) is 178 cm³/mol. The van der Waals surface area contributed by atoms with Crippen LogP contribution in [0.1, 0.15) is 99.3 Å². The van der Waals surface area contributed by atoms with Crippen LogP contribution in [0.4, 0.5) is 0 Å². The lowest BCUT2D eigenvalue weighted by Crippen LogP contribution is -2.68. The Kier molecular flexibility index (Phi) is 9.57. The monoisotopic (exact) mass is 730 g/mol. The molecule has 13 nitrogen and oxygen atoms in total. The maximum Gasteiger partial charge on any atom is 0.397 e. The second-order valence-electron chi connectivity index (χ2n) is 17.9. The van der Waals surface area contributed by atoms with Crippen LogP contribution in [0.25, 0.3) is 0 Å². The van der Waals surface area contributed by atoms with Crippen LogP contribution >= 0.6 is 0 Å². The minimum absolute atomic E-state index is 0.0915. The number of allylic oxidation sites excluding steroid dienone is 1. The molecule has 1 saturated heterocycles. The highest BCUT2D eigenvalue weighted by Gasteiger charge is 2.72. The fourth-order valence-corrected chi connectivity index (χ4v) is 13.1. The number of ether oxygens (including phenoxy) is 2. The number of aliphatic hydroxyl groups excluding tert-OH is 5. The summed E-state index contributed by atoms with van der Waals surface area (Å²) in [6, 6.07) is 0. The molecule has 0 aromatic rings. The van der Waals surface area contributed by atoms with Gasteiger partial charge in [-0.25, -0.2) is 4.18 Å². The van der Waals surface area contributed by atoms with Gasteiger partial charge in [0.15, 0.2) is 0 Å². The molecule has 16 atom stereocenters. The standard InChI is InChI=1S/C36H58O13S/c1-19-9-14-36(30(42)48-29-27(41)26(40)25(39)21(17-37)47-29)16-15-33(4)20(28(36)35(19,6)43)7-8-23-31(2)12-11-24(49-50(44,45)46)32(3,18-38)22(31)10-13-34(23,33)5/h7,19,21-29,37-41,43H,8-18H2,1-6H3,(H,44,45,46)/t19-,21-,22-,23-,24+,25-,26+,27-,28-,29+,31+,32-,33-,34-,35-,36+/m1/s1. The maximum atomic E-state index is 14.5. The number of hydrogen-bond acceptors (Lipinski definition) is 12. The lowest BCUT2D eigenvalue weighted by molar-refractivity contribution is -0.299. The number of fused-ring (bicyclic) bond motifs is 7. The topological polar surface area (TPSA) is 221 Å². The molecule has 0 aromatic heterocycles. The molecule has 0 unspecified atom stereocenters. The van der Waals surface area contributed by atoms with E-state index in [0.717, 1.165) is 12.0 Å². The van der Waals surface area contributed by atoms with Crippen LogP contribution in [0, 0.1) is 50.7 Å². The lowest BCUT2D eigenvalue weighted by Gasteiger charge is -2.72. The second-order valence-corrected chi connectivity index (χ2v) is 18.9. The normalized spacial score (nSPS) is 53.6. The Balaban J connectivity index is 1.38. The molecule has 0 bridgehead atoms. The van der Waals surface area contributed by atoms with Crippen LogP contribution in [-0.4, -0.2) is 105 Å². The van der Waals surface area contributed by atoms with E-state index in [9.17, 15) is 48.4 Å². The second kappa shape index (κ2) is 12.4. The van der Waals surface area contributed by atoms with Crippen molar-refractivity contribution in [3.8, 4) is 0 Å². The average molecular weight is 731 g/mol. The van der Waals surface area contributed by atoms with E-state index in [1.807, 2.05) is 13.8 Å². The molecule has 5 aliphatic carbocycles. The molecule has 4 saturated carbocycles. The van der Waals surface area contributed by atoms with Gasteiger partial charge in [0.25, 0.3) is 0 Å². The van der Waals surface area contributed by atoms with Gasteiger partial charge in [0.1, 0.15) is 24.4 Å². The zero-order chi connectivity index (χ0) is 37.0. The summed E-state index contributed by atoms with van der Waals surface area (Å²) in [5.41, 5.74) is -3.41. The molecule has 7 N–H and O–H groups in total. The summed E-state index contributed by atoms with van der Waals surface area (Å²) in [5.74, 6) is -1.39. The van der Waals surface area contributed by atoms with Gasteiger partial charge in [-0.2, -0.15) is 8.42 Å².